The molecule has 0 radical (unpaired) electrons. The molecule has 0 saturated heterocycles. The number of carbonyl (C=O) groups is 1. The molecule has 1 aromatic heterocycles. The van der Waals surface area contributed by atoms with Crippen LogP contribution in [0.3, 0.4) is 0 Å². The monoisotopic (exact) mass is 360 g/mol. The summed E-state index contributed by atoms with van der Waals surface area (Å²) in [6.07, 6.45) is 4.81. The van der Waals surface area contributed by atoms with Crippen molar-refractivity contribution >= 4 is 23.2 Å². The van der Waals surface area contributed by atoms with Gasteiger partial charge in [-0.25, -0.2) is 9.97 Å². The molecule has 5 nitrogen and oxygen atoms in total. The van der Waals surface area contributed by atoms with Gasteiger partial charge in [-0.05, 0) is 48.6 Å². The minimum absolute atomic E-state index is 0.201. The van der Waals surface area contributed by atoms with E-state index in [-0.39, 0.29) is 5.91 Å². The molecule has 0 bridgehead atoms. The lowest BCUT2D eigenvalue weighted by Crippen LogP contribution is -2.15. The summed E-state index contributed by atoms with van der Waals surface area (Å²) < 4.78 is 0. The van der Waals surface area contributed by atoms with Gasteiger partial charge in [0.1, 0.15) is 0 Å². The molecule has 3 aromatic rings. The second-order valence-corrected chi connectivity index (χ2v) is 6.40. The summed E-state index contributed by atoms with van der Waals surface area (Å²) in [4.78, 5) is 21.2. The fourth-order valence-electron chi connectivity index (χ4n) is 2.95. The van der Waals surface area contributed by atoms with Crippen LogP contribution in [0.25, 0.3) is 0 Å². The minimum Gasteiger partial charge on any atom is -0.324 e. The highest BCUT2D eigenvalue weighted by Crippen LogP contribution is 2.23. The molecule has 1 amide bonds. The molecule has 0 atom stereocenters. The van der Waals surface area contributed by atoms with E-state index < -0.39 is 0 Å². The van der Waals surface area contributed by atoms with Gasteiger partial charge < -0.3 is 10.6 Å². The molecule has 2 aromatic carbocycles. The van der Waals surface area contributed by atoms with Gasteiger partial charge in [0.25, 0.3) is 5.91 Å². The van der Waals surface area contributed by atoms with Gasteiger partial charge >= 0.3 is 0 Å². The van der Waals surface area contributed by atoms with Crippen LogP contribution in [-0.2, 0) is 12.8 Å². The van der Waals surface area contributed by atoms with Gasteiger partial charge in [-0.15, -0.1) is 0 Å². The lowest BCUT2D eigenvalue weighted by atomic mass is 10.0. The van der Waals surface area contributed by atoms with E-state index in [9.17, 15) is 4.79 Å². The molecule has 138 valence electrons. The zero-order chi connectivity index (χ0) is 19.2. The standard InChI is InChI=1S/C22H24N4O/c1-4-16-9-7-10-17(5-2)20(16)26-21(27)18-13-23-22(24-14-18)25-19-11-6-8-15(3)12-19/h6-14H,4-5H2,1-3H3,(H,26,27)(H,23,24,25). The van der Waals surface area contributed by atoms with Crippen molar-refractivity contribution in [3.8, 4) is 0 Å². The van der Waals surface area contributed by atoms with E-state index in [1.54, 1.807) is 12.4 Å². The number of amides is 1. The average Bonchev–Trinajstić information content (AvgIpc) is 2.68. The summed E-state index contributed by atoms with van der Waals surface area (Å²) in [5.41, 5.74) is 5.64. The number of hydrogen-bond acceptors (Lipinski definition) is 4. The number of aromatic nitrogens is 2. The van der Waals surface area contributed by atoms with Crippen LogP contribution in [-0.4, -0.2) is 15.9 Å². The van der Waals surface area contributed by atoms with Crippen LogP contribution in [0.4, 0.5) is 17.3 Å². The van der Waals surface area contributed by atoms with Crippen LogP contribution in [0.2, 0.25) is 0 Å². The Morgan fingerprint density at radius 3 is 2.19 bits per heavy atom. The first-order chi connectivity index (χ1) is 13.1. The Balaban J connectivity index is 1.75. The third-order valence-electron chi connectivity index (χ3n) is 4.43. The third-order valence-corrected chi connectivity index (χ3v) is 4.43. The van der Waals surface area contributed by atoms with Crippen molar-refractivity contribution in [2.45, 2.75) is 33.6 Å². The lowest BCUT2D eigenvalue weighted by molar-refractivity contribution is 0.102. The fourth-order valence-corrected chi connectivity index (χ4v) is 2.95. The quantitative estimate of drug-likeness (QED) is 0.656. The molecule has 0 unspecified atom stereocenters. The molecular weight excluding hydrogens is 336 g/mol. The van der Waals surface area contributed by atoms with Crippen LogP contribution in [0.1, 0.15) is 40.9 Å². The van der Waals surface area contributed by atoms with Crippen LogP contribution in [0, 0.1) is 6.92 Å². The lowest BCUT2D eigenvalue weighted by Gasteiger charge is -2.14. The summed E-state index contributed by atoms with van der Waals surface area (Å²) in [6.45, 7) is 6.19. The highest BCUT2D eigenvalue weighted by Gasteiger charge is 2.12. The molecule has 0 spiro atoms. The van der Waals surface area contributed by atoms with Crippen molar-refractivity contribution in [1.82, 2.24) is 9.97 Å². The van der Waals surface area contributed by atoms with Gasteiger partial charge in [-0.1, -0.05) is 44.2 Å². The Morgan fingerprint density at radius 1 is 0.963 bits per heavy atom. The first-order valence-electron chi connectivity index (χ1n) is 9.18. The van der Waals surface area contributed by atoms with Crippen molar-refractivity contribution in [1.29, 1.82) is 0 Å². The molecule has 0 saturated carbocycles. The average molecular weight is 360 g/mol. The molecule has 2 N–H and O–H groups in total. The van der Waals surface area contributed by atoms with Gasteiger partial charge in [0, 0.05) is 23.8 Å². The molecule has 3 rings (SSSR count). The number of hydrogen-bond donors (Lipinski definition) is 2. The summed E-state index contributed by atoms with van der Waals surface area (Å²) in [6, 6.07) is 14.1. The van der Waals surface area contributed by atoms with Gasteiger partial charge in [0.05, 0.1) is 5.56 Å². The van der Waals surface area contributed by atoms with E-state index in [0.29, 0.717) is 11.5 Å². The second-order valence-electron chi connectivity index (χ2n) is 6.40. The Hall–Kier alpha value is -3.21. The van der Waals surface area contributed by atoms with Gasteiger partial charge in [0.2, 0.25) is 5.95 Å². The van der Waals surface area contributed by atoms with Crippen molar-refractivity contribution in [3.05, 3.63) is 77.1 Å². The Labute approximate surface area is 159 Å². The van der Waals surface area contributed by atoms with Crippen molar-refractivity contribution in [2.24, 2.45) is 0 Å². The molecular formula is C22H24N4O. The van der Waals surface area contributed by atoms with E-state index in [1.165, 1.54) is 0 Å². The van der Waals surface area contributed by atoms with E-state index in [2.05, 4.69) is 34.4 Å². The zero-order valence-electron chi connectivity index (χ0n) is 15.9. The maximum absolute atomic E-state index is 12.7. The maximum atomic E-state index is 12.7. The molecule has 1 heterocycles. The summed E-state index contributed by atoms with van der Waals surface area (Å²) in [5, 5.41) is 6.18. The smallest absolute Gasteiger partial charge is 0.258 e. The SMILES string of the molecule is CCc1cccc(CC)c1NC(=O)c1cnc(Nc2cccc(C)c2)nc1. The molecule has 0 aliphatic carbocycles. The number of carbonyl (C=O) groups excluding carboxylic acids is 1. The van der Waals surface area contributed by atoms with Crippen LogP contribution < -0.4 is 10.6 Å². The first-order valence-corrected chi connectivity index (χ1v) is 9.18. The summed E-state index contributed by atoms with van der Waals surface area (Å²) in [7, 11) is 0. The first kappa shape index (κ1) is 18.6. The molecule has 0 aliphatic rings. The zero-order valence-corrected chi connectivity index (χ0v) is 15.9. The van der Waals surface area contributed by atoms with Crippen molar-refractivity contribution in [3.63, 3.8) is 0 Å². The number of nitrogens with zero attached hydrogens (tertiary/aromatic N) is 2. The number of benzene rings is 2. The predicted octanol–water partition coefficient (Wildman–Crippen LogP) is 4.91. The Kier molecular flexibility index (Phi) is 5.81. The van der Waals surface area contributed by atoms with Crippen molar-refractivity contribution < 1.29 is 4.79 Å². The van der Waals surface area contributed by atoms with Crippen LogP contribution >= 0.6 is 0 Å². The van der Waals surface area contributed by atoms with Gasteiger partial charge in [-0.3, -0.25) is 4.79 Å². The number of aryl methyl sites for hydroxylation is 3. The third kappa shape index (κ3) is 4.50. The van der Waals surface area contributed by atoms with Gasteiger partial charge in [0.15, 0.2) is 0 Å². The second kappa shape index (κ2) is 8.45. The summed E-state index contributed by atoms with van der Waals surface area (Å²) >= 11 is 0. The molecule has 0 aliphatic heterocycles. The maximum Gasteiger partial charge on any atom is 0.258 e. The van der Waals surface area contributed by atoms with Crippen LogP contribution in [0.5, 0.6) is 0 Å². The number of nitrogens with one attached hydrogen (secondary N) is 2. The van der Waals surface area contributed by atoms with Crippen molar-refractivity contribution in [2.75, 3.05) is 10.6 Å². The largest absolute Gasteiger partial charge is 0.324 e. The molecule has 27 heavy (non-hydrogen) atoms. The van der Waals surface area contributed by atoms with Crippen LogP contribution in [0.15, 0.2) is 54.9 Å². The fraction of sp³-hybridized carbons (Fsp3) is 0.227. The molecule has 5 heteroatoms. The highest BCUT2D eigenvalue weighted by molar-refractivity contribution is 6.04. The highest BCUT2D eigenvalue weighted by atomic mass is 16.1. The number of rotatable bonds is 6. The van der Waals surface area contributed by atoms with Gasteiger partial charge in [-0.2, -0.15) is 0 Å². The minimum atomic E-state index is -0.201. The topological polar surface area (TPSA) is 66.9 Å². The van der Waals surface area contributed by atoms with E-state index in [4.69, 9.17) is 0 Å². The number of anilines is 3. The Bertz CT molecular complexity index is 913. The molecule has 0 fully saturated rings. The van der Waals surface area contributed by atoms with E-state index in [0.717, 1.165) is 40.9 Å². The normalized spacial score (nSPS) is 10.5. The number of para-hydroxylation sites is 1. The Morgan fingerprint density at radius 2 is 1.59 bits per heavy atom. The van der Waals surface area contributed by atoms with E-state index >= 15 is 0 Å². The predicted molar refractivity (Wildman–Crippen MR) is 110 cm³/mol. The summed E-state index contributed by atoms with van der Waals surface area (Å²) in [5.74, 6) is 0.257. The van der Waals surface area contributed by atoms with E-state index in [1.807, 2.05) is 49.4 Å².